The van der Waals surface area contributed by atoms with Crippen molar-refractivity contribution in [3.63, 3.8) is 0 Å². The Morgan fingerprint density at radius 1 is 1.38 bits per heavy atom. The van der Waals surface area contributed by atoms with Gasteiger partial charge in [0.15, 0.2) is 0 Å². The second-order valence-corrected chi connectivity index (χ2v) is 8.45. The topological polar surface area (TPSA) is 86.7 Å². The second kappa shape index (κ2) is 6.95. The molecule has 1 aliphatic heterocycles. The van der Waals surface area contributed by atoms with Crippen molar-refractivity contribution in [2.45, 2.75) is 28.5 Å². The Morgan fingerprint density at radius 2 is 1.96 bits per heavy atom. The van der Waals surface area contributed by atoms with Crippen molar-refractivity contribution in [1.82, 2.24) is 9.62 Å². The molecule has 0 unspecified atom stereocenters. The molecule has 0 spiro atoms. The maximum absolute atomic E-state index is 13.8. The highest BCUT2D eigenvalue weighted by Crippen LogP contribution is 2.33. The van der Waals surface area contributed by atoms with Gasteiger partial charge >= 0.3 is 5.97 Å². The summed E-state index contributed by atoms with van der Waals surface area (Å²) in [5.41, 5.74) is 0. The molecule has 1 saturated heterocycles. The Hall–Kier alpha value is -1.23. The number of hydrogen-bond acceptors (Lipinski definition) is 5. The molecule has 0 bridgehead atoms. The summed E-state index contributed by atoms with van der Waals surface area (Å²) in [7, 11) is -2.63. The first kappa shape index (κ1) is 19.1. The highest BCUT2D eigenvalue weighted by Gasteiger charge is 2.44. The minimum absolute atomic E-state index is 0.345. The van der Waals surface area contributed by atoms with E-state index in [0.717, 1.165) is 12.1 Å². The number of carboxylic acids is 1. The molecule has 6 nitrogen and oxygen atoms in total. The molecule has 1 heterocycles. The van der Waals surface area contributed by atoms with Crippen LogP contribution in [0, 0.1) is 11.6 Å². The average Bonchev–Trinajstić information content (AvgIpc) is 2.47. The van der Waals surface area contributed by atoms with Crippen LogP contribution in [-0.2, 0) is 14.8 Å². The van der Waals surface area contributed by atoms with E-state index in [9.17, 15) is 27.1 Å². The van der Waals surface area contributed by atoms with Crippen molar-refractivity contribution in [1.29, 1.82) is 0 Å². The molecule has 10 heteroatoms. The Labute approximate surface area is 144 Å². The Kier molecular flexibility index (Phi) is 5.53. The van der Waals surface area contributed by atoms with Gasteiger partial charge in [-0.05, 0) is 45.1 Å². The Morgan fingerprint density at radius 3 is 2.46 bits per heavy atom. The number of nitrogens with one attached hydrogen (secondary N) is 1. The average molecular weight is 380 g/mol. The van der Waals surface area contributed by atoms with Crippen LogP contribution in [-0.4, -0.2) is 55.3 Å². The van der Waals surface area contributed by atoms with E-state index in [4.69, 9.17) is 0 Å². The summed E-state index contributed by atoms with van der Waals surface area (Å²) in [6.07, 6.45) is 0.690. The number of carboxylic acid groups (broad SMARTS) is 1. The Bertz CT molecular complexity index is 734. The maximum atomic E-state index is 13.8. The summed E-state index contributed by atoms with van der Waals surface area (Å²) < 4.78 is 52.3. The zero-order valence-electron chi connectivity index (χ0n) is 12.9. The van der Waals surface area contributed by atoms with Crippen molar-refractivity contribution in [3.8, 4) is 0 Å². The lowest BCUT2D eigenvalue weighted by Gasteiger charge is -2.40. The molecule has 1 aromatic carbocycles. The lowest BCUT2D eigenvalue weighted by molar-refractivity contribution is -0.140. The number of carbonyl (C=O) groups is 1. The van der Waals surface area contributed by atoms with Gasteiger partial charge in [0, 0.05) is 10.8 Å². The number of piperidine rings is 1. The molecule has 0 saturated carbocycles. The molecule has 1 atom stereocenters. The monoisotopic (exact) mass is 380 g/mol. The van der Waals surface area contributed by atoms with Gasteiger partial charge in [-0.2, -0.15) is 17.4 Å². The number of benzene rings is 1. The molecule has 0 aliphatic carbocycles. The van der Waals surface area contributed by atoms with Gasteiger partial charge in [-0.25, -0.2) is 17.2 Å². The van der Waals surface area contributed by atoms with Crippen molar-refractivity contribution < 1.29 is 27.1 Å². The molecule has 2 N–H and O–H groups in total. The summed E-state index contributed by atoms with van der Waals surface area (Å²) in [5, 5.41) is 9.44. The van der Waals surface area contributed by atoms with Gasteiger partial charge in [-0.3, -0.25) is 4.79 Å². The van der Waals surface area contributed by atoms with Gasteiger partial charge in [-0.15, -0.1) is 0 Å². The van der Waals surface area contributed by atoms with Gasteiger partial charge in [0.25, 0.3) is 0 Å². The minimum atomic E-state index is -4.49. The number of nitrogens with zero attached hydrogens (tertiary/aromatic N) is 1. The zero-order chi connectivity index (χ0) is 18.1. The third-order valence-electron chi connectivity index (χ3n) is 4.09. The van der Waals surface area contributed by atoms with Gasteiger partial charge in [0.2, 0.25) is 10.0 Å². The predicted octanol–water partition coefficient (Wildman–Crippen LogP) is 1.09. The molecule has 134 valence electrons. The number of sulfonamides is 1. The fraction of sp³-hybridized carbons (Fsp3) is 0.500. The maximum Gasteiger partial charge on any atom is 0.323 e. The zero-order valence-corrected chi connectivity index (χ0v) is 14.6. The summed E-state index contributed by atoms with van der Waals surface area (Å²) in [4.78, 5) is 12.8. The van der Waals surface area contributed by atoms with E-state index in [1.165, 1.54) is 0 Å². The molecule has 24 heavy (non-hydrogen) atoms. The molecule has 1 aliphatic rings. The van der Waals surface area contributed by atoms with E-state index in [0.29, 0.717) is 32.0 Å². The quantitative estimate of drug-likeness (QED) is 0.666. The first-order valence-electron chi connectivity index (χ1n) is 7.16. The third kappa shape index (κ3) is 4.05. The standard InChI is InChI=1S/C14H18F2N2O4S2/c1-18-6-4-14(23,5-7-18)12(13(19)20)17-24(21,22)11-3-2-9(15)8-10(11)16/h2-3,8,12,17,23H,4-7H2,1H3,(H,19,20)/t12-/m0/s1. The molecule has 1 fully saturated rings. The van der Waals surface area contributed by atoms with E-state index >= 15 is 0 Å². The molecule has 0 aromatic heterocycles. The number of halogens is 2. The Balaban J connectivity index is 2.31. The van der Waals surface area contributed by atoms with Crippen LogP contribution < -0.4 is 4.72 Å². The summed E-state index contributed by atoms with van der Waals surface area (Å²) >= 11 is 4.40. The smallest absolute Gasteiger partial charge is 0.323 e. The highest BCUT2D eigenvalue weighted by atomic mass is 32.2. The molecular formula is C14H18F2N2O4S2. The van der Waals surface area contributed by atoms with Crippen molar-refractivity contribution in [2.24, 2.45) is 0 Å². The number of hydrogen-bond donors (Lipinski definition) is 3. The minimum Gasteiger partial charge on any atom is -0.480 e. The predicted molar refractivity (Wildman–Crippen MR) is 86.6 cm³/mol. The van der Waals surface area contributed by atoms with E-state index in [1.807, 2.05) is 16.7 Å². The molecule has 0 amide bonds. The van der Waals surface area contributed by atoms with Gasteiger partial charge in [-0.1, -0.05) is 0 Å². The van der Waals surface area contributed by atoms with Crippen LogP contribution in [0.15, 0.2) is 23.1 Å². The summed E-state index contributed by atoms with van der Waals surface area (Å²) in [6.45, 7) is 1.11. The van der Waals surface area contributed by atoms with Crippen LogP contribution in [0.2, 0.25) is 0 Å². The van der Waals surface area contributed by atoms with E-state index in [1.54, 1.807) is 0 Å². The summed E-state index contributed by atoms with van der Waals surface area (Å²) in [6, 6.07) is 0.436. The van der Waals surface area contributed by atoms with Crippen molar-refractivity contribution in [3.05, 3.63) is 29.8 Å². The van der Waals surface area contributed by atoms with Crippen LogP contribution in [0.1, 0.15) is 12.8 Å². The summed E-state index contributed by atoms with van der Waals surface area (Å²) in [5.74, 6) is -3.62. The van der Waals surface area contributed by atoms with Gasteiger partial charge < -0.3 is 10.0 Å². The van der Waals surface area contributed by atoms with Gasteiger partial charge in [0.05, 0.1) is 0 Å². The van der Waals surface area contributed by atoms with Crippen molar-refractivity contribution >= 4 is 28.6 Å². The third-order valence-corrected chi connectivity index (χ3v) is 6.26. The number of likely N-dealkylation sites (tertiary alicyclic amines) is 1. The highest BCUT2D eigenvalue weighted by molar-refractivity contribution is 7.89. The van der Waals surface area contributed by atoms with Crippen LogP contribution in [0.5, 0.6) is 0 Å². The number of aliphatic carboxylic acids is 1. The SMILES string of the molecule is CN1CCC(S)([C@@H](NS(=O)(=O)c2ccc(F)cc2F)C(=O)O)CC1. The van der Waals surface area contributed by atoms with Crippen LogP contribution in [0.4, 0.5) is 8.78 Å². The van der Waals surface area contributed by atoms with Crippen LogP contribution in [0.25, 0.3) is 0 Å². The fourth-order valence-electron chi connectivity index (χ4n) is 2.60. The van der Waals surface area contributed by atoms with E-state index < -0.39 is 43.3 Å². The van der Waals surface area contributed by atoms with Gasteiger partial charge in [0.1, 0.15) is 22.6 Å². The number of thiol groups is 1. The van der Waals surface area contributed by atoms with E-state index in [2.05, 4.69) is 12.6 Å². The first-order valence-corrected chi connectivity index (χ1v) is 9.09. The normalized spacial score (nSPS) is 19.8. The fourth-order valence-corrected chi connectivity index (χ4v) is 4.38. The van der Waals surface area contributed by atoms with Crippen LogP contribution in [0.3, 0.4) is 0 Å². The van der Waals surface area contributed by atoms with Crippen LogP contribution >= 0.6 is 12.6 Å². The first-order chi connectivity index (χ1) is 11.0. The molecule has 2 rings (SSSR count). The second-order valence-electron chi connectivity index (χ2n) is 5.87. The molecule has 1 aromatic rings. The van der Waals surface area contributed by atoms with Crippen molar-refractivity contribution in [2.75, 3.05) is 20.1 Å². The number of rotatable bonds is 5. The largest absolute Gasteiger partial charge is 0.480 e. The lowest BCUT2D eigenvalue weighted by Crippen LogP contribution is -2.57. The molecular weight excluding hydrogens is 362 g/mol. The van der Waals surface area contributed by atoms with E-state index in [-0.39, 0.29) is 0 Å². The molecule has 0 radical (unpaired) electrons. The lowest BCUT2D eigenvalue weighted by atomic mass is 9.89.